The van der Waals surface area contributed by atoms with Gasteiger partial charge in [0.25, 0.3) is 5.91 Å². The highest BCUT2D eigenvalue weighted by Gasteiger charge is 2.41. The van der Waals surface area contributed by atoms with Crippen molar-refractivity contribution >= 4 is 11.4 Å². The second-order valence-electron chi connectivity index (χ2n) is 4.79. The molecule has 0 bridgehead atoms. The molecule has 2 heterocycles. The fraction of sp³-hybridized carbons (Fsp3) is 0.214. The van der Waals surface area contributed by atoms with Crippen molar-refractivity contribution in [1.82, 2.24) is 4.98 Å². The van der Waals surface area contributed by atoms with Gasteiger partial charge in [0.1, 0.15) is 0 Å². The van der Waals surface area contributed by atoms with Crippen LogP contribution in [0.3, 0.4) is 0 Å². The number of benzene rings is 1. The Bertz CT molecular complexity index is 668. The van der Waals surface area contributed by atoms with Crippen LogP contribution in [0.5, 0.6) is 0 Å². The molecule has 2 aromatic rings. The summed E-state index contributed by atoms with van der Waals surface area (Å²) in [5.74, 6) is -2.11. The minimum absolute atomic E-state index is 0.360. The van der Waals surface area contributed by atoms with Crippen LogP contribution in [-0.2, 0) is 5.91 Å². The molecule has 3 rings (SSSR count). The van der Waals surface area contributed by atoms with Gasteiger partial charge in [-0.25, -0.2) is 0 Å². The number of fused-ring (bicyclic) bond motifs is 3. The molecular formula is C14H15N3O2. The van der Waals surface area contributed by atoms with Gasteiger partial charge in [-0.3, -0.25) is 4.98 Å². The van der Waals surface area contributed by atoms with Crippen molar-refractivity contribution in [2.75, 3.05) is 17.7 Å². The van der Waals surface area contributed by atoms with E-state index in [1.165, 1.54) is 4.90 Å². The number of anilines is 2. The summed E-state index contributed by atoms with van der Waals surface area (Å²) in [4.78, 5) is 5.78. The molecule has 1 aliphatic rings. The van der Waals surface area contributed by atoms with Crippen molar-refractivity contribution in [1.29, 1.82) is 0 Å². The molecule has 19 heavy (non-hydrogen) atoms. The molecule has 4 N–H and O–H groups in total. The molecule has 0 amide bonds. The number of nitrogens with zero attached hydrogens (tertiary/aromatic N) is 2. The number of hydrogen-bond donors (Lipinski definition) is 3. The first-order valence-electron chi connectivity index (χ1n) is 5.98. The third kappa shape index (κ3) is 1.52. The van der Waals surface area contributed by atoms with Crippen LogP contribution < -0.4 is 10.6 Å². The molecule has 0 unspecified atom stereocenters. The Balaban J connectivity index is 2.41. The van der Waals surface area contributed by atoms with Crippen LogP contribution in [0.15, 0.2) is 30.3 Å². The van der Waals surface area contributed by atoms with Gasteiger partial charge in [0, 0.05) is 18.3 Å². The van der Waals surface area contributed by atoms with Gasteiger partial charge in [-0.05, 0) is 25.1 Å². The van der Waals surface area contributed by atoms with E-state index < -0.39 is 5.91 Å². The summed E-state index contributed by atoms with van der Waals surface area (Å²) in [6.07, 6.45) is 0. The number of aliphatic hydroxyl groups is 2. The second-order valence-corrected chi connectivity index (χ2v) is 4.79. The van der Waals surface area contributed by atoms with E-state index in [0.717, 1.165) is 11.3 Å². The Hall–Kier alpha value is -2.11. The van der Waals surface area contributed by atoms with E-state index in [1.54, 1.807) is 25.2 Å². The lowest BCUT2D eigenvalue weighted by atomic mass is 9.94. The van der Waals surface area contributed by atoms with Crippen molar-refractivity contribution in [2.24, 2.45) is 0 Å². The molecule has 0 saturated carbocycles. The lowest BCUT2D eigenvalue weighted by molar-refractivity contribution is -0.167. The Morgan fingerprint density at radius 1 is 1.21 bits per heavy atom. The minimum Gasteiger partial charge on any atom is -0.397 e. The van der Waals surface area contributed by atoms with Crippen molar-refractivity contribution < 1.29 is 10.2 Å². The first kappa shape index (κ1) is 12.0. The van der Waals surface area contributed by atoms with Crippen molar-refractivity contribution in [3.8, 4) is 11.3 Å². The van der Waals surface area contributed by atoms with E-state index in [-0.39, 0.29) is 0 Å². The van der Waals surface area contributed by atoms with Crippen molar-refractivity contribution in [3.63, 3.8) is 0 Å². The number of nitrogens with two attached hydrogens (primary N) is 1. The van der Waals surface area contributed by atoms with Crippen molar-refractivity contribution in [2.45, 2.75) is 12.8 Å². The highest BCUT2D eigenvalue weighted by molar-refractivity contribution is 5.89. The predicted molar refractivity (Wildman–Crippen MR) is 73.3 cm³/mol. The van der Waals surface area contributed by atoms with Crippen molar-refractivity contribution in [3.05, 3.63) is 41.6 Å². The lowest BCUT2D eigenvalue weighted by Crippen LogP contribution is -2.47. The maximum Gasteiger partial charge on any atom is 0.277 e. The number of hydrogen-bond acceptors (Lipinski definition) is 5. The summed E-state index contributed by atoms with van der Waals surface area (Å²) in [6.45, 7) is 1.86. The zero-order valence-electron chi connectivity index (χ0n) is 10.8. The molecule has 1 aromatic heterocycles. The largest absolute Gasteiger partial charge is 0.397 e. The summed E-state index contributed by atoms with van der Waals surface area (Å²) >= 11 is 0. The van der Waals surface area contributed by atoms with E-state index in [0.29, 0.717) is 22.6 Å². The van der Waals surface area contributed by atoms with E-state index in [1.807, 2.05) is 19.1 Å². The van der Waals surface area contributed by atoms with E-state index in [9.17, 15) is 10.2 Å². The van der Waals surface area contributed by atoms with Gasteiger partial charge in [0.05, 0.1) is 22.6 Å². The lowest BCUT2D eigenvalue weighted by Gasteiger charge is -2.40. The number of pyridine rings is 1. The number of rotatable bonds is 0. The zero-order chi connectivity index (χ0) is 13.8. The van der Waals surface area contributed by atoms with Gasteiger partial charge in [0.15, 0.2) is 0 Å². The second kappa shape index (κ2) is 3.69. The molecule has 0 radical (unpaired) electrons. The monoisotopic (exact) mass is 257 g/mol. The normalized spacial score (nSPS) is 15.9. The van der Waals surface area contributed by atoms with Gasteiger partial charge >= 0.3 is 0 Å². The van der Waals surface area contributed by atoms with Crippen LogP contribution in [0, 0.1) is 6.92 Å². The molecule has 0 spiro atoms. The Kier molecular flexibility index (Phi) is 2.32. The molecule has 98 valence electrons. The first-order valence-corrected chi connectivity index (χ1v) is 5.98. The maximum absolute atomic E-state index is 10.3. The molecule has 1 aliphatic heterocycles. The van der Waals surface area contributed by atoms with Crippen LogP contribution in [0.2, 0.25) is 0 Å². The number of nitrogen functional groups attached to an aromatic ring is 1. The Morgan fingerprint density at radius 3 is 2.68 bits per heavy atom. The summed E-state index contributed by atoms with van der Waals surface area (Å²) in [5.41, 5.74) is 9.56. The van der Waals surface area contributed by atoms with E-state index in [4.69, 9.17) is 5.73 Å². The molecule has 0 fully saturated rings. The fourth-order valence-electron chi connectivity index (χ4n) is 2.50. The van der Waals surface area contributed by atoms with Crippen LogP contribution in [0.4, 0.5) is 11.4 Å². The average molecular weight is 257 g/mol. The summed E-state index contributed by atoms with van der Waals surface area (Å²) < 4.78 is 0. The third-order valence-electron chi connectivity index (χ3n) is 3.52. The Labute approximate surface area is 110 Å². The zero-order valence-corrected chi connectivity index (χ0v) is 10.8. The predicted octanol–water partition coefficient (Wildman–Crippen LogP) is 1.18. The highest BCUT2D eigenvalue weighted by atomic mass is 16.5. The standard InChI is InChI=1S/C14H15N3O2/c1-8-6-7-10-12(16-8)9-4-3-5-11(15)13(9)17(2)14(10,18)19/h3-7,18-19H,15H2,1-2H3. The smallest absolute Gasteiger partial charge is 0.277 e. The number of aryl methyl sites for hydroxylation is 1. The van der Waals surface area contributed by atoms with Crippen LogP contribution in [0.25, 0.3) is 11.3 Å². The molecule has 5 heteroatoms. The Morgan fingerprint density at radius 2 is 1.95 bits per heavy atom. The summed E-state index contributed by atoms with van der Waals surface area (Å²) in [7, 11) is 1.60. The van der Waals surface area contributed by atoms with E-state index >= 15 is 0 Å². The van der Waals surface area contributed by atoms with Crippen LogP contribution in [-0.4, -0.2) is 22.2 Å². The molecule has 1 aromatic carbocycles. The van der Waals surface area contributed by atoms with Gasteiger partial charge < -0.3 is 20.8 Å². The molecule has 0 atom stereocenters. The van der Waals surface area contributed by atoms with Gasteiger partial charge in [0.2, 0.25) is 0 Å². The molecule has 0 aliphatic carbocycles. The SMILES string of the molecule is Cc1ccc2c(n1)-c1cccc(N)c1N(C)C2(O)O. The molecule has 5 nitrogen and oxygen atoms in total. The minimum atomic E-state index is -2.11. The number of para-hydroxylation sites is 1. The topological polar surface area (TPSA) is 82.6 Å². The quantitative estimate of drug-likeness (QED) is 0.487. The van der Waals surface area contributed by atoms with Gasteiger partial charge in [-0.2, -0.15) is 0 Å². The van der Waals surface area contributed by atoms with Crippen LogP contribution >= 0.6 is 0 Å². The van der Waals surface area contributed by atoms with Crippen LogP contribution in [0.1, 0.15) is 11.3 Å². The number of aromatic nitrogens is 1. The van der Waals surface area contributed by atoms with E-state index in [2.05, 4.69) is 4.98 Å². The maximum atomic E-state index is 10.3. The highest BCUT2D eigenvalue weighted by Crippen LogP contribution is 2.46. The molecular weight excluding hydrogens is 242 g/mol. The summed E-state index contributed by atoms with van der Waals surface area (Å²) in [6, 6.07) is 8.87. The third-order valence-corrected chi connectivity index (χ3v) is 3.52. The summed E-state index contributed by atoms with van der Waals surface area (Å²) in [5, 5.41) is 20.7. The van der Waals surface area contributed by atoms with Gasteiger partial charge in [-0.15, -0.1) is 0 Å². The average Bonchev–Trinajstić information content (AvgIpc) is 2.36. The fourth-order valence-corrected chi connectivity index (χ4v) is 2.50. The first-order chi connectivity index (χ1) is 8.93. The van der Waals surface area contributed by atoms with Gasteiger partial charge in [-0.1, -0.05) is 12.1 Å². The molecule has 0 saturated heterocycles.